The molecule has 1 atom stereocenters. The standard InChI is InChI=1S/C20H27N5O3/c1-20(2,3)28-19(27)24-10-6-8-16(12-24)23(4)18(26)25-13-17(22-14-25)15-7-5-9-21-11-15/h5,7,9,11,13-14,16H,6,8,10,12H2,1-4H3. The molecule has 3 heterocycles. The van der Waals surface area contributed by atoms with E-state index in [0.29, 0.717) is 18.8 Å². The molecule has 2 aromatic heterocycles. The zero-order chi connectivity index (χ0) is 20.3. The Morgan fingerprint density at radius 3 is 2.79 bits per heavy atom. The number of carbonyl (C=O) groups is 2. The van der Waals surface area contributed by atoms with Gasteiger partial charge in [-0.3, -0.25) is 9.55 Å². The van der Waals surface area contributed by atoms with E-state index in [2.05, 4.69) is 9.97 Å². The molecule has 3 rings (SSSR count). The molecule has 0 N–H and O–H groups in total. The van der Waals surface area contributed by atoms with Crippen molar-refractivity contribution in [3.63, 3.8) is 0 Å². The highest BCUT2D eigenvalue weighted by Crippen LogP contribution is 2.20. The minimum Gasteiger partial charge on any atom is -0.444 e. The van der Waals surface area contributed by atoms with Gasteiger partial charge in [0, 0.05) is 44.3 Å². The average Bonchev–Trinajstić information content (AvgIpc) is 3.16. The molecule has 0 bridgehead atoms. The van der Waals surface area contributed by atoms with Gasteiger partial charge in [-0.1, -0.05) is 0 Å². The van der Waals surface area contributed by atoms with Gasteiger partial charge in [-0.15, -0.1) is 0 Å². The summed E-state index contributed by atoms with van der Waals surface area (Å²) in [6.07, 6.45) is 7.94. The highest BCUT2D eigenvalue weighted by molar-refractivity contribution is 5.78. The van der Waals surface area contributed by atoms with Crippen molar-refractivity contribution in [2.45, 2.75) is 45.3 Å². The number of piperidine rings is 1. The number of pyridine rings is 1. The Morgan fingerprint density at radius 2 is 2.11 bits per heavy atom. The maximum Gasteiger partial charge on any atom is 0.410 e. The SMILES string of the molecule is CN(C(=O)n1cnc(-c2cccnc2)c1)C1CCCN(C(=O)OC(C)(C)C)C1. The third-order valence-corrected chi connectivity index (χ3v) is 4.66. The van der Waals surface area contributed by atoms with Crippen molar-refractivity contribution in [1.82, 2.24) is 24.3 Å². The van der Waals surface area contributed by atoms with Crippen LogP contribution in [0, 0.1) is 0 Å². The van der Waals surface area contributed by atoms with Crippen LogP contribution in [0.5, 0.6) is 0 Å². The number of aromatic nitrogens is 3. The van der Waals surface area contributed by atoms with Gasteiger partial charge in [-0.2, -0.15) is 0 Å². The first-order chi connectivity index (χ1) is 13.2. The zero-order valence-corrected chi connectivity index (χ0v) is 16.8. The number of imidazole rings is 1. The lowest BCUT2D eigenvalue weighted by atomic mass is 10.1. The monoisotopic (exact) mass is 385 g/mol. The summed E-state index contributed by atoms with van der Waals surface area (Å²) in [5.41, 5.74) is 1.00. The smallest absolute Gasteiger partial charge is 0.410 e. The normalized spacial score (nSPS) is 17.3. The van der Waals surface area contributed by atoms with E-state index < -0.39 is 5.60 Å². The van der Waals surface area contributed by atoms with Crippen LogP contribution in [0.1, 0.15) is 33.6 Å². The van der Waals surface area contributed by atoms with Crippen molar-refractivity contribution in [1.29, 1.82) is 0 Å². The fraction of sp³-hybridized carbons (Fsp3) is 0.500. The number of carbonyl (C=O) groups excluding carboxylic acids is 2. The van der Waals surface area contributed by atoms with Gasteiger partial charge in [0.15, 0.2) is 0 Å². The van der Waals surface area contributed by atoms with Crippen LogP contribution in [0.2, 0.25) is 0 Å². The van der Waals surface area contributed by atoms with Crippen LogP contribution >= 0.6 is 0 Å². The molecule has 2 aromatic rings. The Labute approximate surface area is 165 Å². The molecule has 8 heteroatoms. The molecule has 1 aliphatic rings. The van der Waals surface area contributed by atoms with Crippen molar-refractivity contribution in [2.24, 2.45) is 0 Å². The molecule has 0 aliphatic carbocycles. The third-order valence-electron chi connectivity index (χ3n) is 4.66. The first kappa shape index (κ1) is 19.9. The lowest BCUT2D eigenvalue weighted by Crippen LogP contribution is -2.51. The van der Waals surface area contributed by atoms with Gasteiger partial charge >= 0.3 is 12.1 Å². The summed E-state index contributed by atoms with van der Waals surface area (Å²) in [7, 11) is 1.76. The van der Waals surface area contributed by atoms with Gasteiger partial charge in [0.05, 0.1) is 11.7 Å². The maximum absolute atomic E-state index is 12.9. The summed E-state index contributed by atoms with van der Waals surface area (Å²) in [5.74, 6) is 0. The van der Waals surface area contributed by atoms with E-state index in [1.165, 1.54) is 10.9 Å². The lowest BCUT2D eigenvalue weighted by Gasteiger charge is -2.38. The summed E-state index contributed by atoms with van der Waals surface area (Å²) in [5, 5.41) is 0. The molecule has 0 aromatic carbocycles. The van der Waals surface area contributed by atoms with Gasteiger partial charge in [0.2, 0.25) is 0 Å². The molecule has 1 saturated heterocycles. The summed E-state index contributed by atoms with van der Waals surface area (Å²) in [4.78, 5) is 37.0. The van der Waals surface area contributed by atoms with Gasteiger partial charge in [0.1, 0.15) is 11.9 Å². The number of amides is 2. The highest BCUT2D eigenvalue weighted by Gasteiger charge is 2.31. The Hall–Kier alpha value is -2.90. The van der Waals surface area contributed by atoms with Gasteiger partial charge in [-0.05, 0) is 45.7 Å². The van der Waals surface area contributed by atoms with Gasteiger partial charge < -0.3 is 14.5 Å². The second-order valence-electron chi connectivity index (χ2n) is 8.02. The van der Waals surface area contributed by atoms with Crippen molar-refractivity contribution in [3.8, 4) is 11.3 Å². The van der Waals surface area contributed by atoms with Crippen LogP contribution in [0.4, 0.5) is 9.59 Å². The molecule has 1 aliphatic heterocycles. The lowest BCUT2D eigenvalue weighted by molar-refractivity contribution is 0.0146. The molecule has 28 heavy (non-hydrogen) atoms. The first-order valence-corrected chi connectivity index (χ1v) is 9.44. The molecular weight excluding hydrogens is 358 g/mol. The summed E-state index contributed by atoms with van der Waals surface area (Å²) < 4.78 is 6.93. The second kappa shape index (κ2) is 8.00. The molecule has 0 radical (unpaired) electrons. The quantitative estimate of drug-likeness (QED) is 0.793. The van der Waals surface area contributed by atoms with Gasteiger partial charge in [-0.25, -0.2) is 14.6 Å². The maximum atomic E-state index is 12.9. The van der Waals surface area contributed by atoms with Crippen LogP contribution < -0.4 is 0 Å². The molecule has 0 spiro atoms. The van der Waals surface area contributed by atoms with E-state index in [0.717, 1.165) is 18.4 Å². The predicted molar refractivity (Wildman–Crippen MR) is 105 cm³/mol. The van der Waals surface area contributed by atoms with Crippen LogP contribution in [0.15, 0.2) is 37.1 Å². The zero-order valence-electron chi connectivity index (χ0n) is 16.8. The Balaban J connectivity index is 1.66. The minimum absolute atomic E-state index is 0.0713. The van der Waals surface area contributed by atoms with E-state index in [-0.39, 0.29) is 18.2 Å². The number of rotatable bonds is 2. The molecule has 0 saturated carbocycles. The topological polar surface area (TPSA) is 80.6 Å². The van der Waals surface area contributed by atoms with Crippen molar-refractivity contribution < 1.29 is 14.3 Å². The Bertz CT molecular complexity index is 828. The van der Waals surface area contributed by atoms with E-state index in [4.69, 9.17) is 4.74 Å². The fourth-order valence-corrected chi connectivity index (χ4v) is 3.19. The largest absolute Gasteiger partial charge is 0.444 e. The van der Waals surface area contributed by atoms with Crippen LogP contribution in [0.25, 0.3) is 11.3 Å². The molecule has 8 nitrogen and oxygen atoms in total. The summed E-state index contributed by atoms with van der Waals surface area (Å²) >= 11 is 0. The first-order valence-electron chi connectivity index (χ1n) is 9.44. The van der Waals surface area contributed by atoms with Crippen molar-refractivity contribution in [3.05, 3.63) is 37.1 Å². The molecule has 150 valence electrons. The fourth-order valence-electron chi connectivity index (χ4n) is 3.19. The van der Waals surface area contributed by atoms with Crippen LogP contribution in [-0.4, -0.2) is 68.2 Å². The molecule has 2 amide bonds. The molecule has 1 fully saturated rings. The van der Waals surface area contributed by atoms with Crippen molar-refractivity contribution >= 4 is 12.1 Å². The van der Waals surface area contributed by atoms with E-state index in [9.17, 15) is 9.59 Å². The number of likely N-dealkylation sites (tertiary alicyclic amines) is 1. The summed E-state index contributed by atoms with van der Waals surface area (Å²) in [6.45, 7) is 6.65. The Kier molecular flexibility index (Phi) is 5.67. The third kappa shape index (κ3) is 4.68. The van der Waals surface area contributed by atoms with Crippen LogP contribution in [-0.2, 0) is 4.74 Å². The number of likely N-dealkylation sites (N-methyl/N-ethyl adjacent to an activating group) is 1. The number of ether oxygens (including phenoxy) is 1. The molecule has 1 unspecified atom stereocenters. The second-order valence-corrected chi connectivity index (χ2v) is 8.02. The average molecular weight is 385 g/mol. The van der Waals surface area contributed by atoms with Crippen molar-refractivity contribution in [2.75, 3.05) is 20.1 Å². The number of hydrogen-bond donors (Lipinski definition) is 0. The van der Waals surface area contributed by atoms with Crippen LogP contribution in [0.3, 0.4) is 0 Å². The number of hydrogen-bond acceptors (Lipinski definition) is 5. The number of nitrogens with zero attached hydrogens (tertiary/aromatic N) is 5. The van der Waals surface area contributed by atoms with E-state index in [1.807, 2.05) is 32.9 Å². The van der Waals surface area contributed by atoms with E-state index in [1.54, 1.807) is 35.4 Å². The van der Waals surface area contributed by atoms with E-state index >= 15 is 0 Å². The van der Waals surface area contributed by atoms with Gasteiger partial charge in [0.25, 0.3) is 0 Å². The molecular formula is C20H27N5O3. The minimum atomic E-state index is -0.536. The Morgan fingerprint density at radius 1 is 1.32 bits per heavy atom. The summed E-state index contributed by atoms with van der Waals surface area (Å²) in [6, 6.07) is 3.47. The highest BCUT2D eigenvalue weighted by atomic mass is 16.6. The predicted octanol–water partition coefficient (Wildman–Crippen LogP) is 3.24.